The zero-order valence-corrected chi connectivity index (χ0v) is 13.5. The predicted molar refractivity (Wildman–Crippen MR) is 94.9 cm³/mol. The Morgan fingerprint density at radius 1 is 0.905 bits per heavy atom. The van der Waals surface area contributed by atoms with Crippen LogP contribution in [0, 0.1) is 0 Å². The summed E-state index contributed by atoms with van der Waals surface area (Å²) in [4.78, 5) is 0. The molecule has 1 unspecified atom stereocenters. The van der Waals surface area contributed by atoms with Crippen molar-refractivity contribution >= 4 is 30.1 Å². The molecule has 4 rings (SSSR count). The number of fused-ring (bicyclic) bond motifs is 2. The molecule has 1 aliphatic rings. The van der Waals surface area contributed by atoms with Crippen LogP contribution in [0.2, 0.25) is 13.1 Å². The predicted octanol–water partition coefficient (Wildman–Crippen LogP) is 4.82. The van der Waals surface area contributed by atoms with E-state index in [-0.39, 0.29) is 0 Å². The molecule has 0 spiro atoms. The van der Waals surface area contributed by atoms with Crippen molar-refractivity contribution in [2.45, 2.75) is 18.6 Å². The first-order chi connectivity index (χ1) is 10.2. The summed E-state index contributed by atoms with van der Waals surface area (Å²) in [5, 5.41) is 4.42. The van der Waals surface area contributed by atoms with Crippen molar-refractivity contribution in [2.75, 3.05) is 0 Å². The largest absolute Gasteiger partial charge is 0.150 e. The summed E-state index contributed by atoms with van der Waals surface area (Å²) in [6.45, 7) is 5.01. The Kier molecular flexibility index (Phi) is 2.73. The Balaban J connectivity index is 1.86. The lowest BCUT2D eigenvalue weighted by Gasteiger charge is -2.33. The lowest BCUT2D eigenvalue weighted by Crippen LogP contribution is -2.46. The van der Waals surface area contributed by atoms with Gasteiger partial charge in [0, 0.05) is 8.07 Å². The van der Waals surface area contributed by atoms with Gasteiger partial charge in [0.05, 0.1) is 0 Å². The molecule has 0 aliphatic heterocycles. The average Bonchev–Trinajstić information content (AvgIpc) is 3.12. The molecular formula is C20H19Si-. The molecule has 104 valence electrons. The third-order valence-corrected chi connectivity index (χ3v) is 8.83. The van der Waals surface area contributed by atoms with E-state index >= 15 is 0 Å². The van der Waals surface area contributed by atoms with Gasteiger partial charge in [-0.05, 0) is 16.7 Å². The maximum atomic E-state index is 2.51. The molecule has 0 fully saturated rings. The van der Waals surface area contributed by atoms with Crippen molar-refractivity contribution < 1.29 is 0 Å². The molecule has 0 heterocycles. The molecule has 0 N–H and O–H groups in total. The van der Waals surface area contributed by atoms with E-state index in [4.69, 9.17) is 0 Å². The van der Waals surface area contributed by atoms with Gasteiger partial charge in [0.1, 0.15) is 0 Å². The Morgan fingerprint density at radius 3 is 2.62 bits per heavy atom. The highest BCUT2D eigenvalue weighted by atomic mass is 28.3. The third-order valence-electron chi connectivity index (χ3n) is 4.95. The van der Waals surface area contributed by atoms with Crippen molar-refractivity contribution in [3.05, 3.63) is 77.9 Å². The van der Waals surface area contributed by atoms with Gasteiger partial charge in [-0.3, -0.25) is 0 Å². The average molecular weight is 287 g/mol. The van der Waals surface area contributed by atoms with Gasteiger partial charge in [-0.25, -0.2) is 0 Å². The van der Waals surface area contributed by atoms with Crippen LogP contribution in [0.15, 0.2) is 66.7 Å². The number of rotatable bonds is 2. The van der Waals surface area contributed by atoms with E-state index in [1.165, 1.54) is 21.9 Å². The lowest BCUT2D eigenvalue weighted by molar-refractivity contribution is 1.18. The van der Waals surface area contributed by atoms with Crippen LogP contribution in [0.25, 0.3) is 16.8 Å². The van der Waals surface area contributed by atoms with Crippen LogP contribution >= 0.6 is 0 Å². The summed E-state index contributed by atoms with van der Waals surface area (Å²) in [5.74, 6) is 0. The Labute approximate surface area is 127 Å². The van der Waals surface area contributed by atoms with Crippen molar-refractivity contribution in [1.29, 1.82) is 0 Å². The summed E-state index contributed by atoms with van der Waals surface area (Å²) in [6, 6.07) is 22.3. The van der Waals surface area contributed by atoms with E-state index in [0.29, 0.717) is 5.54 Å². The minimum Gasteiger partial charge on any atom is -0.150 e. The molecule has 0 amide bonds. The lowest BCUT2D eigenvalue weighted by atomic mass is 10.1. The molecular weight excluding hydrogens is 268 g/mol. The van der Waals surface area contributed by atoms with Crippen LogP contribution in [0.5, 0.6) is 0 Å². The molecule has 21 heavy (non-hydrogen) atoms. The standard InChI is InChI=1S/C20H19Si/c1-21(2,19-13-11-15-7-3-5-9-17(15)19)20-14-12-16-8-4-6-10-18(16)20/h3-14,19H,1-2H3/q-1. The van der Waals surface area contributed by atoms with Gasteiger partial charge in [-0.1, -0.05) is 54.9 Å². The molecule has 1 aliphatic carbocycles. The number of allylic oxidation sites excluding steroid dienone is 1. The second-order valence-electron chi connectivity index (χ2n) is 6.52. The Bertz CT molecular complexity index is 836. The smallest absolute Gasteiger partial charge is 0.0465 e. The van der Waals surface area contributed by atoms with Crippen molar-refractivity contribution in [3.8, 4) is 0 Å². The zero-order chi connectivity index (χ0) is 14.4. The maximum absolute atomic E-state index is 2.51. The van der Waals surface area contributed by atoms with E-state index < -0.39 is 8.07 Å². The van der Waals surface area contributed by atoms with Crippen LogP contribution in [-0.2, 0) is 0 Å². The van der Waals surface area contributed by atoms with Gasteiger partial charge in [0.25, 0.3) is 0 Å². The van der Waals surface area contributed by atoms with Crippen LogP contribution < -0.4 is 5.19 Å². The van der Waals surface area contributed by atoms with Crippen LogP contribution in [0.4, 0.5) is 0 Å². The second-order valence-corrected chi connectivity index (χ2v) is 11.1. The van der Waals surface area contributed by atoms with Gasteiger partial charge in [0.15, 0.2) is 0 Å². The fraction of sp³-hybridized carbons (Fsp3) is 0.150. The fourth-order valence-electron chi connectivity index (χ4n) is 3.76. The minimum absolute atomic E-state index is 0.583. The second kappa shape index (κ2) is 4.50. The van der Waals surface area contributed by atoms with E-state index in [0.717, 1.165) is 0 Å². The Morgan fingerprint density at radius 2 is 1.71 bits per heavy atom. The SMILES string of the molecule is C[Si](C)(c1cc[c-]2ccccc12)C1C=Cc2ccccc21. The third kappa shape index (κ3) is 1.84. The topological polar surface area (TPSA) is 0 Å². The van der Waals surface area contributed by atoms with Gasteiger partial charge < -0.3 is 0 Å². The van der Waals surface area contributed by atoms with Crippen molar-refractivity contribution in [2.24, 2.45) is 0 Å². The maximum Gasteiger partial charge on any atom is 0.0465 e. The molecule has 3 aromatic carbocycles. The Hall–Kier alpha value is -1.99. The number of hydrogen-bond acceptors (Lipinski definition) is 0. The molecule has 0 saturated carbocycles. The van der Waals surface area contributed by atoms with E-state index in [9.17, 15) is 0 Å². The van der Waals surface area contributed by atoms with Gasteiger partial charge in [0.2, 0.25) is 0 Å². The molecule has 0 aromatic heterocycles. The molecule has 1 heteroatoms. The summed E-state index contributed by atoms with van der Waals surface area (Å²) in [6.07, 6.45) is 4.73. The highest BCUT2D eigenvalue weighted by Gasteiger charge is 2.34. The summed E-state index contributed by atoms with van der Waals surface area (Å²) < 4.78 is 0. The van der Waals surface area contributed by atoms with Crippen molar-refractivity contribution in [3.63, 3.8) is 0 Å². The van der Waals surface area contributed by atoms with E-state index in [1.807, 2.05) is 0 Å². The minimum atomic E-state index is -1.60. The number of benzene rings is 2. The molecule has 0 nitrogen and oxygen atoms in total. The highest BCUT2D eigenvalue weighted by Crippen LogP contribution is 2.37. The fourth-order valence-corrected chi connectivity index (χ4v) is 7.15. The first kappa shape index (κ1) is 12.7. The summed E-state index contributed by atoms with van der Waals surface area (Å²) in [7, 11) is -1.60. The summed E-state index contributed by atoms with van der Waals surface area (Å²) >= 11 is 0. The van der Waals surface area contributed by atoms with Crippen molar-refractivity contribution in [1.82, 2.24) is 0 Å². The normalized spacial score (nSPS) is 17.3. The molecule has 0 radical (unpaired) electrons. The summed E-state index contributed by atoms with van der Waals surface area (Å²) in [5.41, 5.74) is 3.50. The molecule has 1 atom stereocenters. The van der Waals surface area contributed by atoms with Crippen LogP contribution in [-0.4, -0.2) is 8.07 Å². The first-order valence-corrected chi connectivity index (χ1v) is 10.7. The molecule has 0 bridgehead atoms. The van der Waals surface area contributed by atoms with Gasteiger partial charge >= 0.3 is 0 Å². The monoisotopic (exact) mass is 287 g/mol. The van der Waals surface area contributed by atoms with Gasteiger partial charge in [-0.15, -0.1) is 40.9 Å². The highest BCUT2D eigenvalue weighted by molar-refractivity contribution is 6.93. The zero-order valence-electron chi connectivity index (χ0n) is 12.5. The number of hydrogen-bond donors (Lipinski definition) is 0. The molecule has 0 saturated heterocycles. The molecule has 3 aromatic rings. The van der Waals surface area contributed by atoms with E-state index in [2.05, 4.69) is 85.9 Å². The van der Waals surface area contributed by atoms with Crippen LogP contribution in [0.3, 0.4) is 0 Å². The van der Waals surface area contributed by atoms with Gasteiger partial charge in [-0.2, -0.15) is 6.07 Å². The van der Waals surface area contributed by atoms with E-state index in [1.54, 1.807) is 5.19 Å². The first-order valence-electron chi connectivity index (χ1n) is 7.60. The quantitative estimate of drug-likeness (QED) is 0.468. The van der Waals surface area contributed by atoms with Crippen LogP contribution in [0.1, 0.15) is 16.7 Å².